The predicted molar refractivity (Wildman–Crippen MR) is 113 cm³/mol. The average molecular weight is 405 g/mol. The molecule has 4 aromatic rings. The third-order valence-corrected chi connectivity index (χ3v) is 5.91. The van der Waals surface area contributed by atoms with E-state index in [9.17, 15) is 19.1 Å². The molecule has 3 aromatic carbocycles. The van der Waals surface area contributed by atoms with Gasteiger partial charge in [0.25, 0.3) is 5.91 Å². The van der Waals surface area contributed by atoms with E-state index in [1.54, 1.807) is 31.3 Å². The van der Waals surface area contributed by atoms with Gasteiger partial charge in [0.1, 0.15) is 5.82 Å². The second kappa shape index (κ2) is 7.48. The Morgan fingerprint density at radius 2 is 1.62 bits per heavy atom. The normalized spacial score (nSPS) is 10.8. The lowest BCUT2D eigenvalue weighted by molar-refractivity contribution is 0.0696. The van der Waals surface area contributed by atoms with E-state index in [0.29, 0.717) is 5.56 Å². The maximum absolute atomic E-state index is 13.3. The van der Waals surface area contributed by atoms with Crippen molar-refractivity contribution >= 4 is 33.3 Å². The number of carboxylic acid groups (broad SMARTS) is 1. The third-order valence-electron chi connectivity index (χ3n) is 4.69. The molecular formula is C23H16FNO3S. The lowest BCUT2D eigenvalue weighted by Gasteiger charge is -2.06. The number of nitrogens with one attached hydrogen (secondary N) is 1. The van der Waals surface area contributed by atoms with Gasteiger partial charge in [-0.15, -0.1) is 11.3 Å². The van der Waals surface area contributed by atoms with Crippen molar-refractivity contribution in [3.63, 3.8) is 0 Å². The van der Waals surface area contributed by atoms with Crippen LogP contribution in [0.5, 0.6) is 0 Å². The first kappa shape index (κ1) is 18.8. The van der Waals surface area contributed by atoms with E-state index in [4.69, 9.17) is 0 Å². The standard InChI is InChI=1S/C23H16FNO3S/c1-25-22(26)20-18-12-15(14-3-2-4-16(11-14)23(27)28)7-10-19(18)29-21(20)13-5-8-17(24)9-6-13/h2-12H,1H3,(H,25,26)(H,27,28). The smallest absolute Gasteiger partial charge is 0.335 e. The summed E-state index contributed by atoms with van der Waals surface area (Å²) >= 11 is 1.46. The van der Waals surface area contributed by atoms with Crippen LogP contribution in [0.15, 0.2) is 66.7 Å². The van der Waals surface area contributed by atoms with Crippen LogP contribution in [-0.4, -0.2) is 24.0 Å². The molecule has 0 unspecified atom stereocenters. The first-order chi connectivity index (χ1) is 14.0. The van der Waals surface area contributed by atoms with E-state index in [2.05, 4.69) is 5.32 Å². The second-order valence-electron chi connectivity index (χ2n) is 6.49. The number of carbonyl (C=O) groups is 2. The molecule has 1 aromatic heterocycles. The van der Waals surface area contributed by atoms with Crippen LogP contribution >= 0.6 is 11.3 Å². The zero-order valence-electron chi connectivity index (χ0n) is 15.4. The molecule has 2 N–H and O–H groups in total. The molecule has 0 radical (unpaired) electrons. The number of thiophene rings is 1. The van der Waals surface area contributed by atoms with Crippen LogP contribution in [0.3, 0.4) is 0 Å². The van der Waals surface area contributed by atoms with Gasteiger partial charge in [-0.3, -0.25) is 4.79 Å². The third kappa shape index (κ3) is 3.50. The minimum absolute atomic E-state index is 0.200. The van der Waals surface area contributed by atoms with Gasteiger partial charge in [-0.1, -0.05) is 30.3 Å². The average Bonchev–Trinajstić information content (AvgIpc) is 3.12. The molecule has 0 saturated carbocycles. The lowest BCUT2D eigenvalue weighted by atomic mass is 9.99. The summed E-state index contributed by atoms with van der Waals surface area (Å²) in [4.78, 5) is 24.7. The summed E-state index contributed by atoms with van der Waals surface area (Å²) in [5, 5.41) is 12.7. The van der Waals surface area contributed by atoms with Crippen LogP contribution in [0.1, 0.15) is 20.7 Å². The fraction of sp³-hybridized carbons (Fsp3) is 0.0435. The molecular weight excluding hydrogens is 389 g/mol. The Labute approximate surface area is 170 Å². The number of aromatic carboxylic acids is 1. The fourth-order valence-electron chi connectivity index (χ4n) is 3.26. The molecule has 29 heavy (non-hydrogen) atoms. The number of hydrogen-bond donors (Lipinski definition) is 2. The van der Waals surface area contributed by atoms with Gasteiger partial charge in [-0.05, 0) is 53.1 Å². The quantitative estimate of drug-likeness (QED) is 0.476. The van der Waals surface area contributed by atoms with E-state index in [-0.39, 0.29) is 17.3 Å². The molecule has 0 aliphatic rings. The van der Waals surface area contributed by atoms with Gasteiger partial charge in [-0.25, -0.2) is 9.18 Å². The zero-order chi connectivity index (χ0) is 20.5. The Bertz CT molecular complexity index is 1240. The number of halogens is 1. The van der Waals surface area contributed by atoms with Crippen molar-refractivity contribution in [3.8, 4) is 21.6 Å². The minimum Gasteiger partial charge on any atom is -0.478 e. The van der Waals surface area contributed by atoms with E-state index in [1.165, 1.54) is 29.5 Å². The van der Waals surface area contributed by atoms with Crippen molar-refractivity contribution in [3.05, 3.63) is 83.7 Å². The summed E-state index contributed by atoms with van der Waals surface area (Å²) in [5.41, 5.74) is 3.06. The van der Waals surface area contributed by atoms with Crippen molar-refractivity contribution in [1.29, 1.82) is 0 Å². The number of hydrogen-bond acceptors (Lipinski definition) is 3. The summed E-state index contributed by atoms with van der Waals surface area (Å²) in [6.45, 7) is 0. The highest BCUT2D eigenvalue weighted by Crippen LogP contribution is 2.40. The molecule has 0 aliphatic heterocycles. The number of rotatable bonds is 4. The fourth-order valence-corrected chi connectivity index (χ4v) is 4.45. The Morgan fingerprint density at radius 1 is 0.931 bits per heavy atom. The van der Waals surface area contributed by atoms with Crippen molar-refractivity contribution in [1.82, 2.24) is 5.32 Å². The number of fused-ring (bicyclic) bond motifs is 1. The van der Waals surface area contributed by atoms with Crippen molar-refractivity contribution in [2.45, 2.75) is 0 Å². The van der Waals surface area contributed by atoms with Gasteiger partial charge in [0.2, 0.25) is 0 Å². The van der Waals surface area contributed by atoms with Crippen LogP contribution in [0.2, 0.25) is 0 Å². The molecule has 4 nitrogen and oxygen atoms in total. The molecule has 0 atom stereocenters. The van der Waals surface area contributed by atoms with E-state index in [0.717, 1.165) is 31.7 Å². The molecule has 4 rings (SSSR count). The van der Waals surface area contributed by atoms with Gasteiger partial charge >= 0.3 is 5.97 Å². The molecule has 1 amide bonds. The molecule has 6 heteroatoms. The Morgan fingerprint density at radius 3 is 2.31 bits per heavy atom. The van der Waals surface area contributed by atoms with E-state index >= 15 is 0 Å². The highest BCUT2D eigenvalue weighted by Gasteiger charge is 2.20. The molecule has 0 spiro atoms. The number of carbonyl (C=O) groups excluding carboxylic acids is 1. The highest BCUT2D eigenvalue weighted by atomic mass is 32.1. The molecule has 0 aliphatic carbocycles. The van der Waals surface area contributed by atoms with Crippen molar-refractivity contribution < 1.29 is 19.1 Å². The number of amides is 1. The molecule has 0 saturated heterocycles. The minimum atomic E-state index is -0.992. The summed E-state index contributed by atoms with van der Waals surface area (Å²) < 4.78 is 14.3. The zero-order valence-corrected chi connectivity index (χ0v) is 16.2. The Kier molecular flexibility index (Phi) is 4.86. The van der Waals surface area contributed by atoms with Gasteiger partial charge in [0, 0.05) is 22.0 Å². The monoisotopic (exact) mass is 405 g/mol. The number of benzene rings is 3. The summed E-state index contributed by atoms with van der Waals surface area (Å²) in [7, 11) is 1.57. The van der Waals surface area contributed by atoms with Crippen LogP contribution in [0.25, 0.3) is 31.7 Å². The molecule has 144 valence electrons. The van der Waals surface area contributed by atoms with Crippen molar-refractivity contribution in [2.24, 2.45) is 0 Å². The maximum Gasteiger partial charge on any atom is 0.335 e. The summed E-state index contributed by atoms with van der Waals surface area (Å²) in [6, 6.07) is 18.4. The van der Waals surface area contributed by atoms with Gasteiger partial charge in [0.15, 0.2) is 0 Å². The van der Waals surface area contributed by atoms with Gasteiger partial charge in [-0.2, -0.15) is 0 Å². The van der Waals surface area contributed by atoms with Crippen LogP contribution in [0, 0.1) is 5.82 Å². The molecule has 1 heterocycles. The second-order valence-corrected chi connectivity index (χ2v) is 7.54. The molecule has 0 fully saturated rings. The largest absolute Gasteiger partial charge is 0.478 e. The number of carboxylic acids is 1. The van der Waals surface area contributed by atoms with Crippen LogP contribution in [0.4, 0.5) is 4.39 Å². The molecule has 0 bridgehead atoms. The van der Waals surface area contributed by atoms with Crippen molar-refractivity contribution in [2.75, 3.05) is 7.05 Å². The maximum atomic E-state index is 13.3. The summed E-state index contributed by atoms with van der Waals surface area (Å²) in [5.74, 6) is -1.56. The van der Waals surface area contributed by atoms with E-state index in [1.807, 2.05) is 24.3 Å². The Hall–Kier alpha value is -3.51. The van der Waals surface area contributed by atoms with Gasteiger partial charge < -0.3 is 10.4 Å². The van der Waals surface area contributed by atoms with Gasteiger partial charge in [0.05, 0.1) is 11.1 Å². The topological polar surface area (TPSA) is 66.4 Å². The van der Waals surface area contributed by atoms with E-state index < -0.39 is 5.97 Å². The van der Waals surface area contributed by atoms with Crippen LogP contribution < -0.4 is 5.32 Å². The highest BCUT2D eigenvalue weighted by molar-refractivity contribution is 7.22. The first-order valence-corrected chi connectivity index (χ1v) is 9.68. The summed E-state index contributed by atoms with van der Waals surface area (Å²) in [6.07, 6.45) is 0. The SMILES string of the molecule is CNC(=O)c1c(-c2ccc(F)cc2)sc2ccc(-c3cccc(C(=O)O)c3)cc12. The Balaban J connectivity index is 1.92. The first-order valence-electron chi connectivity index (χ1n) is 8.86. The van der Waals surface area contributed by atoms with Crippen LogP contribution in [-0.2, 0) is 0 Å². The lowest BCUT2D eigenvalue weighted by Crippen LogP contribution is -2.18. The predicted octanol–water partition coefficient (Wildman–Crippen LogP) is 5.43.